The molecule has 1 aliphatic rings. The second-order valence-corrected chi connectivity index (χ2v) is 5.29. The first-order valence-electron chi connectivity index (χ1n) is 7.03. The summed E-state index contributed by atoms with van der Waals surface area (Å²) >= 11 is 0. The first-order chi connectivity index (χ1) is 10.4. The van der Waals surface area contributed by atoms with Crippen LogP contribution in [0.2, 0.25) is 0 Å². The lowest BCUT2D eigenvalue weighted by Crippen LogP contribution is -2.33. The van der Waals surface area contributed by atoms with Crippen molar-refractivity contribution in [3.05, 3.63) is 65.9 Å². The number of hydrogen-bond donors (Lipinski definition) is 2. The molecule has 0 bridgehead atoms. The molecule has 2 heterocycles. The van der Waals surface area contributed by atoms with Gasteiger partial charge in [-0.25, -0.2) is 5.43 Å². The number of rotatable bonds is 3. The van der Waals surface area contributed by atoms with Crippen molar-refractivity contribution in [3.63, 3.8) is 0 Å². The molecule has 3 N–H and O–H groups in total. The van der Waals surface area contributed by atoms with E-state index in [1.54, 1.807) is 0 Å². The van der Waals surface area contributed by atoms with Crippen molar-refractivity contribution in [1.29, 1.82) is 0 Å². The average Bonchev–Trinajstić information content (AvgIpc) is 3.13. The minimum absolute atomic E-state index is 0.110. The number of para-hydroxylation sites is 2. The molecule has 1 aliphatic heterocycles. The Hall–Kier alpha value is -2.30. The molecule has 0 spiro atoms. The van der Waals surface area contributed by atoms with E-state index < -0.39 is 0 Å². The maximum absolute atomic E-state index is 5.95. The van der Waals surface area contributed by atoms with Crippen molar-refractivity contribution in [2.24, 2.45) is 5.84 Å². The smallest absolute Gasteiger partial charge is 0.134 e. The highest BCUT2D eigenvalue weighted by Crippen LogP contribution is 2.41. The lowest BCUT2D eigenvalue weighted by molar-refractivity contribution is 0.285. The molecule has 0 amide bonds. The van der Waals surface area contributed by atoms with Gasteiger partial charge in [0.1, 0.15) is 17.1 Å². The van der Waals surface area contributed by atoms with E-state index in [1.165, 1.54) is 5.56 Å². The summed E-state index contributed by atoms with van der Waals surface area (Å²) in [5, 5.41) is 1.08. The third-order valence-electron chi connectivity index (χ3n) is 4.07. The van der Waals surface area contributed by atoms with Crippen LogP contribution in [0.15, 0.2) is 59.0 Å². The fourth-order valence-corrected chi connectivity index (χ4v) is 3.02. The summed E-state index contributed by atoms with van der Waals surface area (Å²) in [4.78, 5) is 0. The van der Waals surface area contributed by atoms with E-state index in [0.29, 0.717) is 6.61 Å². The van der Waals surface area contributed by atoms with Gasteiger partial charge in [-0.05, 0) is 18.2 Å². The van der Waals surface area contributed by atoms with E-state index in [2.05, 4.69) is 11.5 Å². The van der Waals surface area contributed by atoms with E-state index in [-0.39, 0.29) is 12.0 Å². The van der Waals surface area contributed by atoms with Crippen LogP contribution in [0.4, 0.5) is 0 Å². The number of ether oxygens (including phenoxy) is 1. The van der Waals surface area contributed by atoms with Crippen LogP contribution in [-0.4, -0.2) is 6.61 Å². The van der Waals surface area contributed by atoms with Crippen LogP contribution in [0.25, 0.3) is 11.0 Å². The minimum atomic E-state index is -0.110. The number of fused-ring (bicyclic) bond motifs is 2. The van der Waals surface area contributed by atoms with Gasteiger partial charge in [0.05, 0.1) is 12.6 Å². The molecule has 2 atom stereocenters. The van der Waals surface area contributed by atoms with Crippen LogP contribution in [0.5, 0.6) is 5.75 Å². The van der Waals surface area contributed by atoms with Gasteiger partial charge in [0.2, 0.25) is 0 Å². The van der Waals surface area contributed by atoms with Crippen molar-refractivity contribution in [1.82, 2.24) is 5.43 Å². The number of nitrogens with one attached hydrogen (secondary N) is 1. The van der Waals surface area contributed by atoms with E-state index in [9.17, 15) is 0 Å². The highest BCUT2D eigenvalue weighted by atomic mass is 16.5. The van der Waals surface area contributed by atoms with Gasteiger partial charge in [0.25, 0.3) is 0 Å². The van der Waals surface area contributed by atoms with E-state index >= 15 is 0 Å². The Balaban J connectivity index is 1.75. The van der Waals surface area contributed by atoms with Crippen molar-refractivity contribution >= 4 is 11.0 Å². The largest absolute Gasteiger partial charge is 0.493 e. The molecule has 2 unspecified atom stereocenters. The zero-order valence-electron chi connectivity index (χ0n) is 11.5. The zero-order chi connectivity index (χ0) is 14.2. The van der Waals surface area contributed by atoms with Gasteiger partial charge in [0.15, 0.2) is 0 Å². The summed E-state index contributed by atoms with van der Waals surface area (Å²) < 4.78 is 11.7. The SMILES string of the molecule is NNC(c1cc2ccccc2o1)C1COc2ccccc21. The molecule has 0 fully saturated rings. The lowest BCUT2D eigenvalue weighted by Gasteiger charge is -2.19. The zero-order valence-corrected chi connectivity index (χ0v) is 11.5. The molecule has 4 heteroatoms. The quantitative estimate of drug-likeness (QED) is 0.571. The molecule has 106 valence electrons. The van der Waals surface area contributed by atoms with Crippen molar-refractivity contribution in [2.45, 2.75) is 12.0 Å². The topological polar surface area (TPSA) is 60.4 Å². The van der Waals surface area contributed by atoms with Crippen LogP contribution in [0, 0.1) is 0 Å². The Morgan fingerprint density at radius 2 is 1.90 bits per heavy atom. The first-order valence-corrected chi connectivity index (χ1v) is 7.03. The van der Waals surface area contributed by atoms with Crippen molar-refractivity contribution in [2.75, 3.05) is 6.61 Å². The summed E-state index contributed by atoms with van der Waals surface area (Å²) in [7, 11) is 0. The molecule has 21 heavy (non-hydrogen) atoms. The van der Waals surface area contributed by atoms with Gasteiger partial charge in [-0.15, -0.1) is 0 Å². The van der Waals surface area contributed by atoms with Crippen LogP contribution in [-0.2, 0) is 0 Å². The lowest BCUT2D eigenvalue weighted by atomic mass is 9.92. The molecule has 3 aromatic rings. The molecule has 1 aromatic heterocycles. The molecule has 0 radical (unpaired) electrons. The monoisotopic (exact) mass is 280 g/mol. The van der Waals surface area contributed by atoms with Gasteiger partial charge in [-0.3, -0.25) is 5.84 Å². The Morgan fingerprint density at radius 3 is 2.76 bits per heavy atom. The maximum atomic E-state index is 5.95. The molecule has 4 rings (SSSR count). The average molecular weight is 280 g/mol. The van der Waals surface area contributed by atoms with Crippen LogP contribution in [0.3, 0.4) is 0 Å². The van der Waals surface area contributed by atoms with E-state index in [4.69, 9.17) is 15.0 Å². The third-order valence-corrected chi connectivity index (χ3v) is 4.07. The van der Waals surface area contributed by atoms with Gasteiger partial charge >= 0.3 is 0 Å². The summed E-state index contributed by atoms with van der Waals surface area (Å²) in [5.41, 5.74) is 4.93. The Kier molecular flexibility index (Phi) is 2.91. The summed E-state index contributed by atoms with van der Waals surface area (Å²) in [6.45, 7) is 0.602. The second kappa shape index (κ2) is 4.91. The Morgan fingerprint density at radius 1 is 1.10 bits per heavy atom. The van der Waals surface area contributed by atoms with E-state index in [1.807, 2.05) is 48.5 Å². The van der Waals surface area contributed by atoms with Crippen LogP contribution in [0.1, 0.15) is 23.3 Å². The predicted molar refractivity (Wildman–Crippen MR) is 81.0 cm³/mol. The number of hydrazine groups is 1. The molecule has 0 saturated heterocycles. The molecule has 0 saturated carbocycles. The molecular formula is C17H16N2O2. The molecule has 4 nitrogen and oxygen atoms in total. The first kappa shape index (κ1) is 12.4. The van der Waals surface area contributed by atoms with Gasteiger partial charge in [0, 0.05) is 16.9 Å². The predicted octanol–water partition coefficient (Wildman–Crippen LogP) is 3.11. The highest BCUT2D eigenvalue weighted by molar-refractivity contribution is 5.77. The number of hydrogen-bond acceptors (Lipinski definition) is 4. The molecule has 0 aliphatic carbocycles. The summed E-state index contributed by atoms with van der Waals surface area (Å²) in [5.74, 6) is 7.71. The Labute approximate surface area is 122 Å². The second-order valence-electron chi connectivity index (χ2n) is 5.29. The fraction of sp³-hybridized carbons (Fsp3) is 0.176. The van der Waals surface area contributed by atoms with Crippen molar-refractivity contribution in [3.8, 4) is 5.75 Å². The maximum Gasteiger partial charge on any atom is 0.134 e. The number of furan rings is 1. The third kappa shape index (κ3) is 2.00. The van der Waals surface area contributed by atoms with E-state index in [0.717, 1.165) is 22.5 Å². The fourth-order valence-electron chi connectivity index (χ4n) is 3.02. The molecular weight excluding hydrogens is 264 g/mol. The highest BCUT2D eigenvalue weighted by Gasteiger charge is 2.33. The summed E-state index contributed by atoms with van der Waals surface area (Å²) in [6, 6.07) is 18.0. The van der Waals surface area contributed by atoms with Crippen molar-refractivity contribution < 1.29 is 9.15 Å². The van der Waals surface area contributed by atoms with Crippen LogP contribution < -0.4 is 16.0 Å². The standard InChI is InChI=1S/C17H16N2O2/c18-19-17(13-10-20-15-8-4-2-6-12(13)15)16-9-11-5-1-3-7-14(11)21-16/h1-9,13,17,19H,10,18H2. The normalized spacial score (nSPS) is 18.4. The summed E-state index contributed by atoms with van der Waals surface area (Å²) in [6.07, 6.45) is 0. The van der Waals surface area contributed by atoms with Crippen LogP contribution >= 0.6 is 0 Å². The van der Waals surface area contributed by atoms with Gasteiger partial charge in [-0.1, -0.05) is 36.4 Å². The number of benzene rings is 2. The van der Waals surface area contributed by atoms with Gasteiger partial charge < -0.3 is 9.15 Å². The number of nitrogens with two attached hydrogens (primary N) is 1. The Bertz CT molecular complexity index is 748. The minimum Gasteiger partial charge on any atom is -0.493 e. The van der Waals surface area contributed by atoms with Gasteiger partial charge in [-0.2, -0.15) is 0 Å². The molecule has 2 aromatic carbocycles.